The molecule has 110 valence electrons. The highest BCUT2D eigenvalue weighted by Crippen LogP contribution is 2.21. The van der Waals surface area contributed by atoms with Crippen molar-refractivity contribution in [3.8, 4) is 0 Å². The predicted molar refractivity (Wildman–Crippen MR) is 85.2 cm³/mol. The van der Waals surface area contributed by atoms with Crippen molar-refractivity contribution in [2.45, 2.75) is 38.8 Å². The molecule has 0 unspecified atom stereocenters. The minimum atomic E-state index is 0.793. The van der Waals surface area contributed by atoms with Crippen LogP contribution in [0.15, 0.2) is 24.3 Å². The molecule has 1 saturated heterocycles. The Hall–Kier alpha value is -1.06. The highest BCUT2D eigenvalue weighted by Gasteiger charge is 2.20. The summed E-state index contributed by atoms with van der Waals surface area (Å²) in [6.45, 7) is 9.28. The van der Waals surface area contributed by atoms with Gasteiger partial charge in [0, 0.05) is 44.5 Å². The summed E-state index contributed by atoms with van der Waals surface area (Å²) in [7, 11) is 0. The third-order valence-electron chi connectivity index (χ3n) is 4.39. The van der Waals surface area contributed by atoms with E-state index in [1.807, 2.05) is 0 Å². The topological polar surface area (TPSA) is 18.5 Å². The van der Waals surface area contributed by atoms with Gasteiger partial charge in [0.05, 0.1) is 0 Å². The molecular weight excluding hydrogens is 246 g/mol. The lowest BCUT2D eigenvalue weighted by atomic mass is 10.1. The van der Waals surface area contributed by atoms with E-state index >= 15 is 0 Å². The summed E-state index contributed by atoms with van der Waals surface area (Å²) in [5.74, 6) is 0. The van der Waals surface area contributed by atoms with Crippen molar-refractivity contribution in [2.24, 2.45) is 0 Å². The maximum Gasteiger partial charge on any atom is 0.0367 e. The van der Waals surface area contributed by atoms with Crippen molar-refractivity contribution >= 4 is 5.69 Å². The lowest BCUT2D eigenvalue weighted by Crippen LogP contribution is -2.46. The van der Waals surface area contributed by atoms with Gasteiger partial charge in [-0.3, -0.25) is 4.90 Å². The van der Waals surface area contributed by atoms with E-state index in [1.54, 1.807) is 0 Å². The average Bonchev–Trinajstić information content (AvgIpc) is 3.31. The van der Waals surface area contributed by atoms with E-state index < -0.39 is 0 Å². The number of hydrogen-bond donors (Lipinski definition) is 1. The standard InChI is InChI=1S/C17H27N3/c1-2-9-19-10-12-20(13-11-19)17-7-3-15(4-8-17)14-18-16-5-6-16/h3-4,7-8,16,18H,2,5-6,9-14H2,1H3. The zero-order valence-electron chi connectivity index (χ0n) is 12.6. The molecule has 1 heterocycles. The Morgan fingerprint density at radius 1 is 1.05 bits per heavy atom. The van der Waals surface area contributed by atoms with Crippen LogP contribution in [-0.4, -0.2) is 43.7 Å². The molecule has 1 aliphatic heterocycles. The normalized spacial score (nSPS) is 20.4. The number of hydrogen-bond acceptors (Lipinski definition) is 3. The summed E-state index contributed by atoms with van der Waals surface area (Å²) in [6, 6.07) is 9.94. The van der Waals surface area contributed by atoms with Gasteiger partial charge in [-0.15, -0.1) is 0 Å². The maximum absolute atomic E-state index is 3.57. The Bertz CT molecular complexity index is 403. The molecule has 1 N–H and O–H groups in total. The first-order valence-electron chi connectivity index (χ1n) is 8.15. The van der Waals surface area contributed by atoms with Crippen molar-refractivity contribution in [1.29, 1.82) is 0 Å². The van der Waals surface area contributed by atoms with Gasteiger partial charge in [0.25, 0.3) is 0 Å². The van der Waals surface area contributed by atoms with Gasteiger partial charge >= 0.3 is 0 Å². The molecule has 1 saturated carbocycles. The van der Waals surface area contributed by atoms with Crippen LogP contribution < -0.4 is 10.2 Å². The molecule has 3 heteroatoms. The van der Waals surface area contributed by atoms with E-state index in [-0.39, 0.29) is 0 Å². The van der Waals surface area contributed by atoms with Gasteiger partial charge in [-0.1, -0.05) is 19.1 Å². The molecule has 0 spiro atoms. The summed E-state index contributed by atoms with van der Waals surface area (Å²) in [5.41, 5.74) is 2.79. The van der Waals surface area contributed by atoms with E-state index in [9.17, 15) is 0 Å². The first kappa shape index (κ1) is 13.9. The number of rotatable bonds is 6. The molecule has 1 aromatic rings. The van der Waals surface area contributed by atoms with Gasteiger partial charge < -0.3 is 10.2 Å². The van der Waals surface area contributed by atoms with E-state index in [0.29, 0.717) is 0 Å². The molecule has 2 fully saturated rings. The van der Waals surface area contributed by atoms with Crippen LogP contribution in [0, 0.1) is 0 Å². The monoisotopic (exact) mass is 273 g/mol. The molecule has 20 heavy (non-hydrogen) atoms. The van der Waals surface area contributed by atoms with Crippen LogP contribution in [-0.2, 0) is 6.54 Å². The molecule has 3 rings (SSSR count). The minimum absolute atomic E-state index is 0.793. The van der Waals surface area contributed by atoms with Gasteiger partial charge in [0.15, 0.2) is 0 Å². The molecule has 2 aliphatic rings. The lowest BCUT2D eigenvalue weighted by molar-refractivity contribution is 0.258. The lowest BCUT2D eigenvalue weighted by Gasteiger charge is -2.36. The number of benzene rings is 1. The molecule has 0 atom stereocenters. The third kappa shape index (κ3) is 3.74. The SMILES string of the molecule is CCCN1CCN(c2ccc(CNC3CC3)cc2)CC1. The second kappa shape index (κ2) is 6.59. The summed E-state index contributed by atoms with van der Waals surface area (Å²) >= 11 is 0. The highest BCUT2D eigenvalue weighted by molar-refractivity contribution is 5.48. The molecule has 0 amide bonds. The molecule has 0 aromatic heterocycles. The number of nitrogens with one attached hydrogen (secondary N) is 1. The smallest absolute Gasteiger partial charge is 0.0367 e. The minimum Gasteiger partial charge on any atom is -0.369 e. The van der Waals surface area contributed by atoms with E-state index in [0.717, 1.165) is 12.6 Å². The van der Waals surface area contributed by atoms with Crippen LogP contribution in [0.5, 0.6) is 0 Å². The van der Waals surface area contributed by atoms with Crippen molar-refractivity contribution in [3.63, 3.8) is 0 Å². The van der Waals surface area contributed by atoms with Gasteiger partial charge in [-0.2, -0.15) is 0 Å². The van der Waals surface area contributed by atoms with Crippen LogP contribution in [0.1, 0.15) is 31.7 Å². The van der Waals surface area contributed by atoms with Gasteiger partial charge in [-0.05, 0) is 43.5 Å². The zero-order chi connectivity index (χ0) is 13.8. The molecule has 1 aromatic carbocycles. The summed E-state index contributed by atoms with van der Waals surface area (Å²) < 4.78 is 0. The van der Waals surface area contributed by atoms with Gasteiger partial charge in [0.2, 0.25) is 0 Å². The maximum atomic E-state index is 3.57. The van der Waals surface area contributed by atoms with Crippen LogP contribution in [0.3, 0.4) is 0 Å². The molecule has 0 radical (unpaired) electrons. The Morgan fingerprint density at radius 2 is 1.75 bits per heavy atom. The molecule has 3 nitrogen and oxygen atoms in total. The Kier molecular flexibility index (Phi) is 4.58. The van der Waals surface area contributed by atoms with Crippen LogP contribution in [0.2, 0.25) is 0 Å². The Labute approximate surface area is 123 Å². The molecule has 1 aliphatic carbocycles. The van der Waals surface area contributed by atoms with Crippen molar-refractivity contribution in [3.05, 3.63) is 29.8 Å². The van der Waals surface area contributed by atoms with Crippen molar-refractivity contribution in [1.82, 2.24) is 10.2 Å². The summed E-state index contributed by atoms with van der Waals surface area (Å²) in [6.07, 6.45) is 3.99. The largest absolute Gasteiger partial charge is 0.369 e. The Balaban J connectivity index is 1.49. The first-order chi connectivity index (χ1) is 9.85. The van der Waals surface area contributed by atoms with Crippen LogP contribution in [0.25, 0.3) is 0 Å². The fraction of sp³-hybridized carbons (Fsp3) is 0.647. The van der Waals surface area contributed by atoms with E-state index in [2.05, 4.69) is 46.3 Å². The second-order valence-electron chi connectivity index (χ2n) is 6.15. The number of nitrogens with zero attached hydrogens (tertiary/aromatic N) is 2. The number of anilines is 1. The van der Waals surface area contributed by atoms with E-state index in [1.165, 1.54) is 63.2 Å². The quantitative estimate of drug-likeness (QED) is 0.859. The predicted octanol–water partition coefficient (Wildman–Crippen LogP) is 2.47. The third-order valence-corrected chi connectivity index (χ3v) is 4.39. The highest BCUT2D eigenvalue weighted by atomic mass is 15.3. The summed E-state index contributed by atoms with van der Waals surface area (Å²) in [4.78, 5) is 5.09. The van der Waals surface area contributed by atoms with Crippen molar-refractivity contribution in [2.75, 3.05) is 37.6 Å². The first-order valence-corrected chi connectivity index (χ1v) is 8.15. The van der Waals surface area contributed by atoms with Crippen LogP contribution >= 0.6 is 0 Å². The van der Waals surface area contributed by atoms with Gasteiger partial charge in [0.1, 0.15) is 0 Å². The zero-order valence-corrected chi connectivity index (χ0v) is 12.6. The van der Waals surface area contributed by atoms with Gasteiger partial charge in [-0.25, -0.2) is 0 Å². The molecule has 0 bridgehead atoms. The average molecular weight is 273 g/mol. The fourth-order valence-electron chi connectivity index (χ4n) is 2.92. The fourth-order valence-corrected chi connectivity index (χ4v) is 2.92. The summed E-state index contributed by atoms with van der Waals surface area (Å²) in [5, 5.41) is 3.57. The number of piperazine rings is 1. The van der Waals surface area contributed by atoms with E-state index in [4.69, 9.17) is 0 Å². The Morgan fingerprint density at radius 3 is 2.35 bits per heavy atom. The molecular formula is C17H27N3. The van der Waals surface area contributed by atoms with Crippen LogP contribution in [0.4, 0.5) is 5.69 Å². The second-order valence-corrected chi connectivity index (χ2v) is 6.15. The van der Waals surface area contributed by atoms with Crippen molar-refractivity contribution < 1.29 is 0 Å².